The summed E-state index contributed by atoms with van der Waals surface area (Å²) in [6, 6.07) is 3.71. The lowest BCUT2D eigenvalue weighted by Gasteiger charge is -2.07. The maximum absolute atomic E-state index is 5.17. The van der Waals surface area contributed by atoms with Gasteiger partial charge >= 0.3 is 0 Å². The lowest BCUT2D eigenvalue weighted by atomic mass is 10.4. The van der Waals surface area contributed by atoms with Gasteiger partial charge in [0.2, 0.25) is 0 Å². The first-order chi connectivity index (χ1) is 7.40. The van der Waals surface area contributed by atoms with Gasteiger partial charge in [-0.05, 0) is 12.1 Å². The smallest absolute Gasteiger partial charge is 0.169 e. The Labute approximate surface area is 92.0 Å². The number of hydrogen-bond acceptors (Lipinski definition) is 5. The molecule has 0 aliphatic carbocycles. The topological polar surface area (TPSA) is 47.0 Å². The summed E-state index contributed by atoms with van der Waals surface area (Å²) in [6.45, 7) is 0.672. The van der Waals surface area contributed by atoms with E-state index in [4.69, 9.17) is 4.74 Å². The molecule has 0 bridgehead atoms. The Balaban J connectivity index is 2.04. The summed E-state index contributed by atoms with van der Waals surface area (Å²) in [5.74, 6) is 1.49. The summed E-state index contributed by atoms with van der Waals surface area (Å²) < 4.78 is 5.17. The third-order valence-electron chi connectivity index (χ3n) is 1.88. The van der Waals surface area contributed by atoms with Gasteiger partial charge in [-0.15, -0.1) is 11.3 Å². The molecule has 2 rings (SSSR count). The molecule has 0 radical (unpaired) electrons. The van der Waals surface area contributed by atoms with Crippen molar-refractivity contribution in [2.45, 2.75) is 6.54 Å². The number of thiazole rings is 1. The van der Waals surface area contributed by atoms with Crippen LogP contribution in [0.5, 0.6) is 5.75 Å². The van der Waals surface area contributed by atoms with Gasteiger partial charge in [0, 0.05) is 17.8 Å². The highest BCUT2D eigenvalue weighted by Gasteiger charge is 2.02. The summed E-state index contributed by atoms with van der Waals surface area (Å²) in [4.78, 5) is 8.36. The van der Waals surface area contributed by atoms with Crippen molar-refractivity contribution in [3.05, 3.63) is 34.9 Å². The molecule has 0 amide bonds. The summed E-state index contributed by atoms with van der Waals surface area (Å²) in [7, 11) is 1.63. The Morgan fingerprint density at radius 1 is 1.40 bits per heavy atom. The van der Waals surface area contributed by atoms with Gasteiger partial charge in [-0.25, -0.2) is 9.97 Å². The van der Waals surface area contributed by atoms with Gasteiger partial charge < -0.3 is 10.1 Å². The molecular weight excluding hydrogens is 210 g/mol. The van der Waals surface area contributed by atoms with Crippen molar-refractivity contribution in [3.63, 3.8) is 0 Å². The van der Waals surface area contributed by atoms with Crippen molar-refractivity contribution in [2.24, 2.45) is 0 Å². The second-order valence-electron chi connectivity index (χ2n) is 2.83. The van der Waals surface area contributed by atoms with Crippen LogP contribution in [0.15, 0.2) is 29.9 Å². The molecule has 0 spiro atoms. The van der Waals surface area contributed by atoms with Gasteiger partial charge in [-0.2, -0.15) is 0 Å². The Kier molecular flexibility index (Phi) is 3.14. The zero-order valence-electron chi connectivity index (χ0n) is 8.30. The Morgan fingerprint density at radius 2 is 2.33 bits per heavy atom. The van der Waals surface area contributed by atoms with Crippen LogP contribution >= 0.6 is 11.3 Å². The Bertz CT molecular complexity index is 416. The molecule has 0 saturated carbocycles. The van der Waals surface area contributed by atoms with E-state index >= 15 is 0 Å². The van der Waals surface area contributed by atoms with Crippen molar-refractivity contribution in [3.8, 4) is 5.75 Å². The molecule has 0 unspecified atom stereocenters. The summed E-state index contributed by atoms with van der Waals surface area (Å²) in [6.07, 6.45) is 3.52. The number of pyridine rings is 1. The maximum atomic E-state index is 5.17. The monoisotopic (exact) mass is 221 g/mol. The summed E-state index contributed by atoms with van der Waals surface area (Å²) in [5, 5.41) is 6.16. The minimum Gasteiger partial charge on any atom is -0.493 e. The molecule has 5 heteroatoms. The highest BCUT2D eigenvalue weighted by molar-refractivity contribution is 7.09. The third-order valence-corrected chi connectivity index (χ3v) is 2.66. The number of hydrogen-bond donors (Lipinski definition) is 1. The van der Waals surface area contributed by atoms with Crippen LogP contribution in [0.4, 0.5) is 5.82 Å². The van der Waals surface area contributed by atoms with Crippen molar-refractivity contribution in [1.82, 2.24) is 9.97 Å². The van der Waals surface area contributed by atoms with E-state index in [1.807, 2.05) is 17.5 Å². The van der Waals surface area contributed by atoms with Gasteiger partial charge in [-0.3, -0.25) is 0 Å². The average molecular weight is 221 g/mol. The van der Waals surface area contributed by atoms with E-state index in [-0.39, 0.29) is 0 Å². The third kappa shape index (κ3) is 2.44. The molecule has 0 fully saturated rings. The summed E-state index contributed by atoms with van der Waals surface area (Å²) >= 11 is 1.61. The fraction of sp³-hybridized carbons (Fsp3) is 0.200. The van der Waals surface area contributed by atoms with Crippen LogP contribution in [0.3, 0.4) is 0 Å². The van der Waals surface area contributed by atoms with E-state index in [2.05, 4.69) is 15.3 Å². The van der Waals surface area contributed by atoms with Crippen LogP contribution in [0.2, 0.25) is 0 Å². The standard InChI is InChI=1S/C10H11N3OS/c1-14-8-3-2-4-12-10(8)13-7-9-11-5-6-15-9/h2-6H,7H2,1H3,(H,12,13). The number of nitrogens with one attached hydrogen (secondary N) is 1. The van der Waals surface area contributed by atoms with E-state index in [1.165, 1.54) is 0 Å². The first-order valence-corrected chi connectivity index (χ1v) is 5.39. The fourth-order valence-corrected chi connectivity index (χ4v) is 1.74. The van der Waals surface area contributed by atoms with Crippen molar-refractivity contribution >= 4 is 17.2 Å². The molecule has 2 aromatic rings. The highest BCUT2D eigenvalue weighted by Crippen LogP contribution is 2.20. The van der Waals surface area contributed by atoms with E-state index in [0.29, 0.717) is 6.54 Å². The van der Waals surface area contributed by atoms with Gasteiger partial charge in [-0.1, -0.05) is 0 Å². The van der Waals surface area contributed by atoms with Crippen molar-refractivity contribution in [1.29, 1.82) is 0 Å². The maximum Gasteiger partial charge on any atom is 0.169 e. The quantitative estimate of drug-likeness (QED) is 0.859. The predicted octanol–water partition coefficient (Wildman–Crippen LogP) is 2.16. The lowest BCUT2D eigenvalue weighted by Crippen LogP contribution is -2.02. The second kappa shape index (κ2) is 4.75. The molecule has 0 saturated heterocycles. The Morgan fingerprint density at radius 3 is 3.07 bits per heavy atom. The molecule has 2 aromatic heterocycles. The SMILES string of the molecule is COc1cccnc1NCc1nccs1. The normalized spacial score (nSPS) is 9.93. The van der Waals surface area contributed by atoms with Gasteiger partial charge in [0.25, 0.3) is 0 Å². The average Bonchev–Trinajstić information content (AvgIpc) is 2.79. The predicted molar refractivity (Wildman–Crippen MR) is 60.2 cm³/mol. The van der Waals surface area contributed by atoms with Crippen LogP contribution in [0, 0.1) is 0 Å². The van der Waals surface area contributed by atoms with Crippen LogP contribution in [0.1, 0.15) is 5.01 Å². The van der Waals surface area contributed by atoms with Crippen LogP contribution < -0.4 is 10.1 Å². The number of ether oxygens (including phenoxy) is 1. The molecular formula is C10H11N3OS. The lowest BCUT2D eigenvalue weighted by molar-refractivity contribution is 0.415. The number of anilines is 1. The molecule has 0 atom stereocenters. The van der Waals surface area contributed by atoms with Crippen molar-refractivity contribution < 1.29 is 4.74 Å². The summed E-state index contributed by atoms with van der Waals surface area (Å²) in [5.41, 5.74) is 0. The minimum atomic E-state index is 0.672. The molecule has 0 aliphatic rings. The second-order valence-corrected chi connectivity index (χ2v) is 3.81. The molecule has 2 heterocycles. The number of methoxy groups -OCH3 is 1. The molecule has 15 heavy (non-hydrogen) atoms. The number of nitrogens with zero attached hydrogens (tertiary/aromatic N) is 2. The van der Waals surface area contributed by atoms with E-state index < -0.39 is 0 Å². The van der Waals surface area contributed by atoms with E-state index in [0.717, 1.165) is 16.6 Å². The molecule has 1 N–H and O–H groups in total. The van der Waals surface area contributed by atoms with Gasteiger partial charge in [0.15, 0.2) is 11.6 Å². The first-order valence-electron chi connectivity index (χ1n) is 4.51. The van der Waals surface area contributed by atoms with Crippen molar-refractivity contribution in [2.75, 3.05) is 12.4 Å². The number of aromatic nitrogens is 2. The molecule has 78 valence electrons. The highest BCUT2D eigenvalue weighted by atomic mass is 32.1. The zero-order valence-corrected chi connectivity index (χ0v) is 9.12. The van der Waals surface area contributed by atoms with E-state index in [1.54, 1.807) is 30.8 Å². The van der Waals surface area contributed by atoms with Gasteiger partial charge in [0.05, 0.1) is 13.7 Å². The number of rotatable bonds is 4. The van der Waals surface area contributed by atoms with Crippen LogP contribution in [-0.4, -0.2) is 17.1 Å². The first kappa shape index (κ1) is 9.92. The Hall–Kier alpha value is -1.62. The molecule has 0 aliphatic heterocycles. The largest absolute Gasteiger partial charge is 0.493 e. The fourth-order valence-electron chi connectivity index (χ4n) is 1.19. The van der Waals surface area contributed by atoms with E-state index in [9.17, 15) is 0 Å². The van der Waals surface area contributed by atoms with Crippen LogP contribution in [0.25, 0.3) is 0 Å². The molecule has 4 nitrogen and oxygen atoms in total. The van der Waals surface area contributed by atoms with Gasteiger partial charge in [0.1, 0.15) is 5.01 Å². The van der Waals surface area contributed by atoms with Crippen LogP contribution in [-0.2, 0) is 6.54 Å². The minimum absolute atomic E-state index is 0.672. The molecule has 0 aromatic carbocycles. The zero-order chi connectivity index (χ0) is 10.5.